The molecule has 0 unspecified atom stereocenters. The number of nitro benzene ring substituents is 1. The van der Waals surface area contributed by atoms with Crippen molar-refractivity contribution in [3.05, 3.63) is 86.3 Å². The Balaban J connectivity index is 1.70. The Bertz CT molecular complexity index is 1230. The molecule has 4 rings (SSSR count). The molecule has 3 aromatic rings. The van der Waals surface area contributed by atoms with Gasteiger partial charge in [0.15, 0.2) is 5.69 Å². The summed E-state index contributed by atoms with van der Waals surface area (Å²) in [7, 11) is 0. The van der Waals surface area contributed by atoms with Gasteiger partial charge in [0, 0.05) is 30.9 Å². The molecule has 1 N–H and O–H groups in total. The summed E-state index contributed by atoms with van der Waals surface area (Å²) in [5.41, 5.74) is 0.779. The van der Waals surface area contributed by atoms with Crippen molar-refractivity contribution in [2.75, 3.05) is 36.5 Å². The van der Waals surface area contributed by atoms with E-state index < -0.39 is 16.3 Å². The Hall–Kier alpha value is -4.05. The standard InChI is InChI=1S/C22H21N5O5/c1-15-14-20(28)21(24-26(15)18-8-4-5-9-19(18)27(30)31)22(29)23-16-6-2-3-7-17(16)25-10-12-32-13-11-25/h2-9,14H,10-13H2,1H3,(H,23,29). The van der Waals surface area contributed by atoms with Gasteiger partial charge in [-0.05, 0) is 25.1 Å². The monoisotopic (exact) mass is 435 g/mol. The molecule has 32 heavy (non-hydrogen) atoms. The van der Waals surface area contributed by atoms with E-state index in [-0.39, 0.29) is 17.1 Å². The first-order chi connectivity index (χ1) is 15.5. The molecular weight excluding hydrogens is 414 g/mol. The van der Waals surface area contributed by atoms with Gasteiger partial charge in [-0.15, -0.1) is 0 Å². The second-order valence-corrected chi connectivity index (χ2v) is 7.23. The number of para-hydroxylation sites is 4. The van der Waals surface area contributed by atoms with Gasteiger partial charge in [-0.1, -0.05) is 24.3 Å². The number of hydrogen-bond donors (Lipinski definition) is 1. The van der Waals surface area contributed by atoms with Gasteiger partial charge >= 0.3 is 0 Å². The van der Waals surface area contributed by atoms with E-state index in [2.05, 4.69) is 15.3 Å². The third-order valence-corrected chi connectivity index (χ3v) is 5.13. The van der Waals surface area contributed by atoms with Crippen molar-refractivity contribution in [2.24, 2.45) is 0 Å². The van der Waals surface area contributed by atoms with E-state index >= 15 is 0 Å². The zero-order chi connectivity index (χ0) is 22.7. The summed E-state index contributed by atoms with van der Waals surface area (Å²) in [4.78, 5) is 38.6. The number of ether oxygens (including phenoxy) is 1. The molecule has 10 heteroatoms. The second-order valence-electron chi connectivity index (χ2n) is 7.23. The fourth-order valence-electron chi connectivity index (χ4n) is 3.59. The Morgan fingerprint density at radius 1 is 1.09 bits per heavy atom. The fraction of sp³-hybridized carbons (Fsp3) is 0.227. The number of aromatic nitrogens is 2. The van der Waals surface area contributed by atoms with Gasteiger partial charge < -0.3 is 15.0 Å². The van der Waals surface area contributed by atoms with Gasteiger partial charge in [0.05, 0.1) is 29.5 Å². The van der Waals surface area contributed by atoms with Crippen LogP contribution in [0.2, 0.25) is 0 Å². The minimum Gasteiger partial charge on any atom is -0.378 e. The quantitative estimate of drug-likeness (QED) is 0.483. The van der Waals surface area contributed by atoms with E-state index in [1.807, 2.05) is 12.1 Å². The number of morpholine rings is 1. The summed E-state index contributed by atoms with van der Waals surface area (Å²) in [6.07, 6.45) is 0. The van der Waals surface area contributed by atoms with E-state index in [4.69, 9.17) is 4.74 Å². The molecule has 164 valence electrons. The summed E-state index contributed by atoms with van der Waals surface area (Å²) in [6, 6.07) is 14.5. The zero-order valence-electron chi connectivity index (χ0n) is 17.4. The van der Waals surface area contributed by atoms with Crippen LogP contribution in [0.15, 0.2) is 59.4 Å². The summed E-state index contributed by atoms with van der Waals surface area (Å²) >= 11 is 0. The number of rotatable bonds is 5. The van der Waals surface area contributed by atoms with E-state index in [0.29, 0.717) is 37.7 Å². The number of benzene rings is 2. The second kappa shape index (κ2) is 8.98. The topological polar surface area (TPSA) is 120 Å². The van der Waals surface area contributed by atoms with Crippen LogP contribution >= 0.6 is 0 Å². The number of carbonyl (C=O) groups is 1. The molecule has 0 radical (unpaired) electrons. The van der Waals surface area contributed by atoms with Crippen LogP contribution in [0.5, 0.6) is 0 Å². The molecule has 1 aliphatic heterocycles. The number of aryl methyl sites for hydroxylation is 1. The predicted molar refractivity (Wildman–Crippen MR) is 119 cm³/mol. The van der Waals surface area contributed by atoms with Gasteiger partial charge in [-0.2, -0.15) is 5.10 Å². The van der Waals surface area contributed by atoms with Crippen LogP contribution in [-0.2, 0) is 4.74 Å². The average Bonchev–Trinajstić information content (AvgIpc) is 2.80. The molecule has 0 aliphatic carbocycles. The predicted octanol–water partition coefficient (Wildman–Crippen LogP) is 2.54. The highest BCUT2D eigenvalue weighted by Crippen LogP contribution is 2.27. The molecule has 1 amide bonds. The van der Waals surface area contributed by atoms with Crippen LogP contribution in [0.3, 0.4) is 0 Å². The molecule has 2 heterocycles. The first-order valence-electron chi connectivity index (χ1n) is 10.0. The molecule has 1 fully saturated rings. The van der Waals surface area contributed by atoms with Gasteiger partial charge in [0.1, 0.15) is 5.69 Å². The highest BCUT2D eigenvalue weighted by molar-refractivity contribution is 6.04. The first kappa shape index (κ1) is 21.2. The van der Waals surface area contributed by atoms with Crippen molar-refractivity contribution in [3.63, 3.8) is 0 Å². The number of nitro groups is 1. The summed E-state index contributed by atoms with van der Waals surface area (Å²) < 4.78 is 6.63. The third kappa shape index (κ3) is 4.21. The normalized spacial score (nSPS) is 13.6. The Morgan fingerprint density at radius 2 is 1.75 bits per heavy atom. The van der Waals surface area contributed by atoms with Gasteiger partial charge in [0.2, 0.25) is 5.43 Å². The van der Waals surface area contributed by atoms with Gasteiger partial charge in [0.25, 0.3) is 11.6 Å². The number of nitrogens with one attached hydrogen (secondary N) is 1. The zero-order valence-corrected chi connectivity index (χ0v) is 17.4. The number of hydrogen-bond acceptors (Lipinski definition) is 7. The Labute approximate surface area is 183 Å². The molecule has 1 aromatic heterocycles. The first-order valence-corrected chi connectivity index (χ1v) is 10.0. The van der Waals surface area contributed by atoms with Crippen LogP contribution in [0, 0.1) is 17.0 Å². The van der Waals surface area contributed by atoms with E-state index in [1.165, 1.54) is 28.9 Å². The lowest BCUT2D eigenvalue weighted by Gasteiger charge is -2.30. The van der Waals surface area contributed by atoms with Crippen molar-refractivity contribution in [2.45, 2.75) is 6.92 Å². The van der Waals surface area contributed by atoms with Crippen LogP contribution in [-0.4, -0.2) is 46.9 Å². The SMILES string of the molecule is Cc1cc(=O)c(C(=O)Nc2ccccc2N2CCOCC2)nn1-c1ccccc1[N+](=O)[O-]. The minimum atomic E-state index is -0.692. The maximum atomic E-state index is 13.0. The number of carbonyl (C=O) groups excluding carboxylic acids is 1. The van der Waals surface area contributed by atoms with Crippen molar-refractivity contribution >= 4 is 23.0 Å². The van der Waals surface area contributed by atoms with Gasteiger partial charge in [-0.3, -0.25) is 19.7 Å². The molecule has 2 aromatic carbocycles. The molecule has 10 nitrogen and oxygen atoms in total. The maximum absolute atomic E-state index is 13.0. The van der Waals surface area contributed by atoms with Crippen molar-refractivity contribution < 1.29 is 14.5 Å². The van der Waals surface area contributed by atoms with E-state index in [1.54, 1.807) is 25.1 Å². The fourth-order valence-corrected chi connectivity index (χ4v) is 3.59. The lowest BCUT2D eigenvalue weighted by Crippen LogP contribution is -2.37. The molecule has 0 atom stereocenters. The van der Waals surface area contributed by atoms with Crippen molar-refractivity contribution in [3.8, 4) is 5.69 Å². The average molecular weight is 435 g/mol. The smallest absolute Gasteiger partial charge is 0.294 e. The molecule has 0 bridgehead atoms. The maximum Gasteiger partial charge on any atom is 0.294 e. The highest BCUT2D eigenvalue weighted by atomic mass is 16.6. The molecule has 0 saturated carbocycles. The molecular formula is C22H21N5O5. The van der Waals surface area contributed by atoms with Crippen LogP contribution in [0.25, 0.3) is 5.69 Å². The lowest BCUT2D eigenvalue weighted by atomic mass is 10.2. The summed E-state index contributed by atoms with van der Waals surface area (Å²) in [5.74, 6) is -0.692. The minimum absolute atomic E-state index is 0.165. The van der Waals surface area contributed by atoms with E-state index in [9.17, 15) is 19.7 Å². The van der Waals surface area contributed by atoms with E-state index in [0.717, 1.165) is 5.69 Å². The van der Waals surface area contributed by atoms with Crippen LogP contribution in [0.1, 0.15) is 16.2 Å². The summed E-state index contributed by atoms with van der Waals surface area (Å²) in [5, 5.41) is 18.4. The summed E-state index contributed by atoms with van der Waals surface area (Å²) in [6.45, 7) is 4.13. The third-order valence-electron chi connectivity index (χ3n) is 5.13. The van der Waals surface area contributed by atoms with Crippen LogP contribution in [0.4, 0.5) is 17.1 Å². The lowest BCUT2D eigenvalue weighted by molar-refractivity contribution is -0.384. The van der Waals surface area contributed by atoms with Crippen molar-refractivity contribution in [1.82, 2.24) is 9.78 Å². The Morgan fingerprint density at radius 3 is 2.47 bits per heavy atom. The Kier molecular flexibility index (Phi) is 5.95. The largest absolute Gasteiger partial charge is 0.378 e. The molecule has 1 saturated heterocycles. The highest BCUT2D eigenvalue weighted by Gasteiger charge is 2.22. The van der Waals surface area contributed by atoms with Crippen LogP contribution < -0.4 is 15.6 Å². The number of anilines is 2. The molecule has 0 spiro atoms. The molecule has 1 aliphatic rings. The number of amides is 1. The number of nitrogens with zero attached hydrogens (tertiary/aromatic N) is 4. The van der Waals surface area contributed by atoms with Gasteiger partial charge in [-0.25, -0.2) is 4.68 Å². The van der Waals surface area contributed by atoms with Crippen molar-refractivity contribution in [1.29, 1.82) is 0 Å².